The van der Waals surface area contributed by atoms with Crippen LogP contribution in [0.3, 0.4) is 0 Å². The van der Waals surface area contributed by atoms with E-state index in [0.29, 0.717) is 22.6 Å². The molecule has 0 amide bonds. The summed E-state index contributed by atoms with van der Waals surface area (Å²) in [7, 11) is -2.37. The summed E-state index contributed by atoms with van der Waals surface area (Å²) in [5.41, 5.74) is 3.60. The molecular formula is C25H38O3S. The monoisotopic (exact) mass is 418 g/mol. The Morgan fingerprint density at radius 1 is 0.655 bits per heavy atom. The predicted molar refractivity (Wildman–Crippen MR) is 118 cm³/mol. The van der Waals surface area contributed by atoms with Crippen molar-refractivity contribution >= 4 is 10.1 Å². The molecular weight excluding hydrogens is 380 g/mol. The first-order chi connectivity index (χ1) is 14.1. The summed E-state index contributed by atoms with van der Waals surface area (Å²) in [5, 5.41) is 0. The molecule has 3 fully saturated rings. The van der Waals surface area contributed by atoms with Gasteiger partial charge in [0.25, 0.3) is 10.1 Å². The van der Waals surface area contributed by atoms with Crippen LogP contribution < -0.4 is 0 Å². The van der Waals surface area contributed by atoms with Crippen LogP contribution in [0.25, 0.3) is 0 Å². The van der Waals surface area contributed by atoms with E-state index in [9.17, 15) is 8.42 Å². The summed E-state index contributed by atoms with van der Waals surface area (Å²) in [6.07, 6.45) is 18.3. The summed E-state index contributed by atoms with van der Waals surface area (Å²) in [6, 6.07) is 4.59. The molecule has 0 heterocycles. The summed E-state index contributed by atoms with van der Waals surface area (Å²) < 4.78 is 31.5. The Morgan fingerprint density at radius 3 is 1.41 bits per heavy atom. The van der Waals surface area contributed by atoms with Crippen molar-refractivity contribution in [3.63, 3.8) is 0 Å². The van der Waals surface area contributed by atoms with Gasteiger partial charge in [-0.1, -0.05) is 69.9 Å². The Hall–Kier alpha value is -0.870. The SMILES string of the molecule is COS(=O)(=O)c1c(C2CCCCC2)cc(C2CCCCC2)cc1C1CCCCC1. The maximum atomic E-state index is 13.2. The number of hydrogen-bond donors (Lipinski definition) is 0. The van der Waals surface area contributed by atoms with Crippen LogP contribution in [0, 0.1) is 0 Å². The van der Waals surface area contributed by atoms with E-state index < -0.39 is 10.1 Å². The Bertz CT molecular complexity index is 741. The molecule has 0 bridgehead atoms. The molecule has 3 aliphatic rings. The molecule has 0 N–H and O–H groups in total. The molecule has 29 heavy (non-hydrogen) atoms. The fourth-order valence-electron chi connectivity index (χ4n) is 6.18. The van der Waals surface area contributed by atoms with Crippen LogP contribution in [-0.4, -0.2) is 15.5 Å². The lowest BCUT2D eigenvalue weighted by molar-refractivity contribution is 0.385. The molecule has 0 unspecified atom stereocenters. The van der Waals surface area contributed by atoms with Crippen LogP contribution in [-0.2, 0) is 14.3 Å². The summed E-state index contributed by atoms with van der Waals surface area (Å²) in [6.45, 7) is 0. The van der Waals surface area contributed by atoms with Gasteiger partial charge in [-0.2, -0.15) is 8.42 Å². The van der Waals surface area contributed by atoms with E-state index in [1.807, 2.05) is 0 Å². The van der Waals surface area contributed by atoms with E-state index in [4.69, 9.17) is 4.18 Å². The summed E-state index contributed by atoms with van der Waals surface area (Å²) in [5.74, 6) is 1.34. The lowest BCUT2D eigenvalue weighted by Gasteiger charge is -2.32. The van der Waals surface area contributed by atoms with Crippen molar-refractivity contribution in [3.05, 3.63) is 28.8 Å². The van der Waals surface area contributed by atoms with Crippen molar-refractivity contribution in [2.24, 2.45) is 0 Å². The second-order valence-electron chi connectivity index (χ2n) is 9.65. The molecule has 162 valence electrons. The largest absolute Gasteiger partial charge is 0.297 e. The maximum absolute atomic E-state index is 13.2. The third kappa shape index (κ3) is 4.74. The van der Waals surface area contributed by atoms with Gasteiger partial charge in [0.2, 0.25) is 0 Å². The molecule has 3 nitrogen and oxygen atoms in total. The highest BCUT2D eigenvalue weighted by Crippen LogP contribution is 2.45. The molecule has 0 saturated heterocycles. The molecule has 0 aliphatic heterocycles. The molecule has 0 spiro atoms. The quantitative estimate of drug-likeness (QED) is 0.476. The van der Waals surface area contributed by atoms with Crippen molar-refractivity contribution in [1.82, 2.24) is 0 Å². The van der Waals surface area contributed by atoms with Crippen LogP contribution in [0.15, 0.2) is 17.0 Å². The average molecular weight is 419 g/mol. The van der Waals surface area contributed by atoms with E-state index in [0.717, 1.165) is 36.8 Å². The Morgan fingerprint density at radius 2 is 1.03 bits per heavy atom. The third-order valence-electron chi connectivity index (χ3n) is 7.80. The maximum Gasteiger partial charge on any atom is 0.297 e. The second-order valence-corrected chi connectivity index (χ2v) is 11.3. The van der Waals surface area contributed by atoms with Crippen molar-refractivity contribution in [3.8, 4) is 0 Å². The molecule has 1 aromatic carbocycles. The first kappa shape index (κ1) is 21.4. The van der Waals surface area contributed by atoms with Gasteiger partial charge in [0.15, 0.2) is 0 Å². The van der Waals surface area contributed by atoms with Gasteiger partial charge in [-0.15, -0.1) is 0 Å². The zero-order valence-electron chi connectivity index (χ0n) is 18.1. The van der Waals surface area contributed by atoms with Gasteiger partial charge in [-0.3, -0.25) is 4.18 Å². The third-order valence-corrected chi connectivity index (χ3v) is 9.21. The van der Waals surface area contributed by atoms with E-state index in [1.54, 1.807) is 0 Å². The Balaban J connectivity index is 1.86. The first-order valence-electron chi connectivity index (χ1n) is 12.1. The Kier molecular flexibility index (Phi) is 7.01. The van der Waals surface area contributed by atoms with Crippen LogP contribution >= 0.6 is 0 Å². The molecule has 0 aromatic heterocycles. The predicted octanol–water partition coefficient (Wildman–Crippen LogP) is 7.16. The topological polar surface area (TPSA) is 43.4 Å². The van der Waals surface area contributed by atoms with Crippen LogP contribution in [0.5, 0.6) is 0 Å². The van der Waals surface area contributed by atoms with Gasteiger partial charge in [0, 0.05) is 0 Å². The molecule has 0 atom stereocenters. The van der Waals surface area contributed by atoms with Gasteiger partial charge in [0.05, 0.1) is 7.11 Å². The van der Waals surface area contributed by atoms with Crippen molar-refractivity contribution in [1.29, 1.82) is 0 Å². The molecule has 3 aliphatic carbocycles. The smallest absolute Gasteiger partial charge is 0.270 e. The lowest BCUT2D eigenvalue weighted by atomic mass is 9.76. The number of benzene rings is 1. The van der Waals surface area contributed by atoms with Crippen molar-refractivity contribution in [2.45, 2.75) is 119 Å². The zero-order valence-corrected chi connectivity index (χ0v) is 18.9. The molecule has 4 rings (SSSR count). The van der Waals surface area contributed by atoms with Gasteiger partial charge >= 0.3 is 0 Å². The standard InChI is InChI=1S/C25H38O3S/c1-28-29(26,27)25-23(20-13-7-3-8-14-20)17-22(19-11-5-2-6-12-19)18-24(25)21-15-9-4-10-16-21/h17-21H,2-16H2,1H3. The highest BCUT2D eigenvalue weighted by molar-refractivity contribution is 7.86. The van der Waals surface area contributed by atoms with E-state index >= 15 is 0 Å². The van der Waals surface area contributed by atoms with Gasteiger partial charge in [0.1, 0.15) is 4.90 Å². The lowest BCUT2D eigenvalue weighted by Crippen LogP contribution is -2.19. The summed E-state index contributed by atoms with van der Waals surface area (Å²) >= 11 is 0. The van der Waals surface area contributed by atoms with Crippen LogP contribution in [0.4, 0.5) is 0 Å². The molecule has 4 heteroatoms. The average Bonchev–Trinajstić information content (AvgIpc) is 2.80. The fraction of sp³-hybridized carbons (Fsp3) is 0.760. The van der Waals surface area contributed by atoms with Crippen LogP contribution in [0.2, 0.25) is 0 Å². The van der Waals surface area contributed by atoms with Crippen molar-refractivity contribution in [2.75, 3.05) is 7.11 Å². The fourth-order valence-corrected chi connectivity index (χ4v) is 7.37. The number of rotatable bonds is 5. The Labute approximate surface area is 177 Å². The van der Waals surface area contributed by atoms with Gasteiger partial charge < -0.3 is 0 Å². The van der Waals surface area contributed by atoms with E-state index in [1.165, 1.54) is 83.3 Å². The molecule has 1 aromatic rings. The second kappa shape index (κ2) is 9.51. The first-order valence-corrected chi connectivity index (χ1v) is 13.5. The van der Waals surface area contributed by atoms with Gasteiger partial charge in [-0.25, -0.2) is 0 Å². The highest BCUT2D eigenvalue weighted by atomic mass is 32.2. The minimum atomic E-state index is -3.71. The molecule has 0 radical (unpaired) electrons. The minimum Gasteiger partial charge on any atom is -0.270 e. The zero-order chi connectivity index (χ0) is 20.3. The highest BCUT2D eigenvalue weighted by Gasteiger charge is 2.33. The van der Waals surface area contributed by atoms with Crippen LogP contribution in [0.1, 0.15) is 131 Å². The number of hydrogen-bond acceptors (Lipinski definition) is 3. The van der Waals surface area contributed by atoms with E-state index in [-0.39, 0.29) is 0 Å². The molecule has 3 saturated carbocycles. The normalized spacial score (nSPS) is 23.3. The van der Waals surface area contributed by atoms with Crippen molar-refractivity contribution < 1.29 is 12.6 Å². The summed E-state index contributed by atoms with van der Waals surface area (Å²) in [4.78, 5) is 0.554. The van der Waals surface area contributed by atoms with Gasteiger partial charge in [-0.05, 0) is 73.0 Å². The minimum absolute atomic E-state index is 0.370. The van der Waals surface area contributed by atoms with E-state index in [2.05, 4.69) is 12.1 Å².